The Labute approximate surface area is 70.4 Å². The molecule has 0 amide bonds. The molecule has 4 nitrogen and oxygen atoms in total. The van der Waals surface area contributed by atoms with Crippen molar-refractivity contribution in [3.63, 3.8) is 0 Å². The number of hydrogen-bond acceptors (Lipinski definition) is 3. The molecule has 0 aliphatic carbocycles. The van der Waals surface area contributed by atoms with Crippen LogP contribution in [-0.4, -0.2) is 15.7 Å². The minimum atomic E-state index is -0.284. The van der Waals surface area contributed by atoms with Crippen molar-refractivity contribution in [3.8, 4) is 0 Å². The molecular weight excluding hydrogens is 156 g/mol. The van der Waals surface area contributed by atoms with Gasteiger partial charge in [0.1, 0.15) is 6.33 Å². The van der Waals surface area contributed by atoms with Crippen LogP contribution in [0.25, 0.3) is 0 Å². The Balaban J connectivity index is 2.32. The minimum absolute atomic E-state index is 0.284. The first-order chi connectivity index (χ1) is 5.83. The predicted molar refractivity (Wildman–Crippen MR) is 43.2 cm³/mol. The van der Waals surface area contributed by atoms with Crippen LogP contribution in [0.2, 0.25) is 0 Å². The lowest BCUT2D eigenvalue weighted by Crippen LogP contribution is -2.17. The summed E-state index contributed by atoms with van der Waals surface area (Å²) in [6.45, 7) is 3.50. The molecule has 0 saturated heterocycles. The maximum absolute atomic E-state index is 11.0. The van der Waals surface area contributed by atoms with E-state index in [0.29, 0.717) is 12.8 Å². The summed E-state index contributed by atoms with van der Waals surface area (Å²) in [6.07, 6.45) is 7.18. The van der Waals surface area contributed by atoms with Gasteiger partial charge in [0.25, 0.3) is 0 Å². The zero-order valence-electron chi connectivity index (χ0n) is 6.64. The molecule has 0 N–H and O–H groups in total. The Kier molecular flexibility index (Phi) is 3.07. The first kappa shape index (κ1) is 8.52. The van der Waals surface area contributed by atoms with Crippen LogP contribution in [0.4, 0.5) is 0 Å². The maximum Gasteiger partial charge on any atom is 0.333 e. The zero-order chi connectivity index (χ0) is 8.81. The standard InChI is InChI=1S/C8H10N2O2/c1-2-3-4-8(11)12-10-6-5-9-7-10/h2,5-7H,1,3-4H2. The summed E-state index contributed by atoms with van der Waals surface area (Å²) in [7, 11) is 0. The summed E-state index contributed by atoms with van der Waals surface area (Å²) in [5, 5.41) is 0. The molecule has 0 saturated carbocycles. The van der Waals surface area contributed by atoms with E-state index in [1.807, 2.05) is 0 Å². The molecule has 0 aromatic carbocycles. The second kappa shape index (κ2) is 4.33. The van der Waals surface area contributed by atoms with Gasteiger partial charge in [0.05, 0.1) is 12.6 Å². The molecule has 0 aliphatic heterocycles. The number of hydrogen-bond donors (Lipinski definition) is 0. The molecule has 1 aromatic heterocycles. The fourth-order valence-electron chi connectivity index (χ4n) is 0.684. The van der Waals surface area contributed by atoms with Gasteiger partial charge in [-0.3, -0.25) is 0 Å². The molecule has 0 radical (unpaired) electrons. The van der Waals surface area contributed by atoms with Gasteiger partial charge >= 0.3 is 5.97 Å². The average molecular weight is 166 g/mol. The Hall–Kier alpha value is -1.58. The molecule has 0 spiro atoms. The van der Waals surface area contributed by atoms with Gasteiger partial charge in [-0.05, 0) is 6.42 Å². The topological polar surface area (TPSA) is 44.1 Å². The Bertz CT molecular complexity index is 254. The van der Waals surface area contributed by atoms with Crippen molar-refractivity contribution >= 4 is 5.97 Å². The number of nitrogens with zero attached hydrogens (tertiary/aromatic N) is 2. The number of allylic oxidation sites excluding steroid dienone is 1. The number of rotatable bonds is 4. The highest BCUT2D eigenvalue weighted by atomic mass is 16.7. The van der Waals surface area contributed by atoms with Gasteiger partial charge in [-0.15, -0.1) is 6.58 Å². The van der Waals surface area contributed by atoms with E-state index >= 15 is 0 Å². The summed E-state index contributed by atoms with van der Waals surface area (Å²) in [6, 6.07) is 0. The van der Waals surface area contributed by atoms with Crippen LogP contribution in [0.15, 0.2) is 31.4 Å². The number of aromatic nitrogens is 2. The van der Waals surface area contributed by atoms with E-state index in [1.54, 1.807) is 18.5 Å². The van der Waals surface area contributed by atoms with Crippen LogP contribution in [0.3, 0.4) is 0 Å². The second-order valence-electron chi connectivity index (χ2n) is 2.21. The van der Waals surface area contributed by atoms with E-state index < -0.39 is 0 Å². The summed E-state index contributed by atoms with van der Waals surface area (Å²) >= 11 is 0. The highest BCUT2D eigenvalue weighted by molar-refractivity contribution is 5.69. The van der Waals surface area contributed by atoms with Crippen molar-refractivity contribution in [3.05, 3.63) is 31.4 Å². The van der Waals surface area contributed by atoms with Crippen LogP contribution in [-0.2, 0) is 4.79 Å². The highest BCUT2D eigenvalue weighted by Gasteiger charge is 2.01. The average Bonchev–Trinajstić information content (AvgIpc) is 2.53. The van der Waals surface area contributed by atoms with E-state index in [0.717, 1.165) is 0 Å². The van der Waals surface area contributed by atoms with E-state index in [-0.39, 0.29) is 5.97 Å². The molecule has 64 valence electrons. The lowest BCUT2D eigenvalue weighted by Gasteiger charge is -2.00. The van der Waals surface area contributed by atoms with Crippen molar-refractivity contribution in [2.45, 2.75) is 12.8 Å². The van der Waals surface area contributed by atoms with E-state index in [2.05, 4.69) is 11.6 Å². The molecule has 1 aromatic rings. The van der Waals surface area contributed by atoms with Crippen molar-refractivity contribution in [1.29, 1.82) is 0 Å². The van der Waals surface area contributed by atoms with Gasteiger partial charge in [0.2, 0.25) is 0 Å². The Morgan fingerprint density at radius 1 is 1.75 bits per heavy atom. The van der Waals surface area contributed by atoms with Crippen molar-refractivity contribution in [2.75, 3.05) is 0 Å². The zero-order valence-corrected chi connectivity index (χ0v) is 6.64. The Morgan fingerprint density at radius 2 is 2.58 bits per heavy atom. The third-order valence-corrected chi connectivity index (χ3v) is 1.24. The first-order valence-corrected chi connectivity index (χ1v) is 3.63. The molecule has 0 unspecified atom stereocenters. The number of carbonyl (C=O) groups is 1. The summed E-state index contributed by atoms with van der Waals surface area (Å²) in [5.74, 6) is -0.284. The van der Waals surface area contributed by atoms with Crippen molar-refractivity contribution in [2.24, 2.45) is 0 Å². The number of imidazole rings is 1. The minimum Gasteiger partial charge on any atom is -0.336 e. The molecule has 12 heavy (non-hydrogen) atoms. The van der Waals surface area contributed by atoms with Gasteiger partial charge in [-0.2, -0.15) is 4.73 Å². The predicted octanol–water partition coefficient (Wildman–Crippen LogP) is 0.805. The van der Waals surface area contributed by atoms with Gasteiger partial charge in [0, 0.05) is 6.20 Å². The third-order valence-electron chi connectivity index (χ3n) is 1.24. The summed E-state index contributed by atoms with van der Waals surface area (Å²) in [5.41, 5.74) is 0. The summed E-state index contributed by atoms with van der Waals surface area (Å²) in [4.78, 5) is 19.5. The van der Waals surface area contributed by atoms with Crippen LogP contribution in [0, 0.1) is 0 Å². The molecule has 0 bridgehead atoms. The lowest BCUT2D eigenvalue weighted by atomic mass is 10.3. The van der Waals surface area contributed by atoms with E-state index in [4.69, 9.17) is 4.84 Å². The fraction of sp³-hybridized carbons (Fsp3) is 0.250. The van der Waals surface area contributed by atoms with Gasteiger partial charge in [-0.25, -0.2) is 9.78 Å². The van der Waals surface area contributed by atoms with Gasteiger partial charge < -0.3 is 4.84 Å². The second-order valence-corrected chi connectivity index (χ2v) is 2.21. The van der Waals surface area contributed by atoms with E-state index in [1.165, 1.54) is 11.1 Å². The quantitative estimate of drug-likeness (QED) is 0.621. The SMILES string of the molecule is C=CCCC(=O)On1ccnc1. The molecule has 0 aliphatic rings. The Morgan fingerprint density at radius 3 is 3.17 bits per heavy atom. The van der Waals surface area contributed by atoms with Crippen LogP contribution >= 0.6 is 0 Å². The lowest BCUT2D eigenvalue weighted by molar-refractivity contribution is -0.144. The van der Waals surface area contributed by atoms with Crippen LogP contribution < -0.4 is 4.84 Å². The van der Waals surface area contributed by atoms with Crippen LogP contribution in [0.1, 0.15) is 12.8 Å². The van der Waals surface area contributed by atoms with Crippen LogP contribution in [0.5, 0.6) is 0 Å². The first-order valence-electron chi connectivity index (χ1n) is 3.63. The summed E-state index contributed by atoms with van der Waals surface area (Å²) < 4.78 is 1.27. The number of carbonyl (C=O) groups excluding carboxylic acids is 1. The monoisotopic (exact) mass is 166 g/mol. The largest absolute Gasteiger partial charge is 0.336 e. The highest BCUT2D eigenvalue weighted by Crippen LogP contribution is 1.91. The molecule has 0 fully saturated rings. The smallest absolute Gasteiger partial charge is 0.333 e. The van der Waals surface area contributed by atoms with E-state index in [9.17, 15) is 4.79 Å². The molecule has 1 rings (SSSR count). The molecule has 1 heterocycles. The molecular formula is C8H10N2O2. The third kappa shape index (κ3) is 2.57. The maximum atomic E-state index is 11.0. The normalized spacial score (nSPS) is 9.33. The molecule has 4 heteroatoms. The van der Waals surface area contributed by atoms with Gasteiger partial charge in [-0.1, -0.05) is 6.08 Å². The fourth-order valence-corrected chi connectivity index (χ4v) is 0.684. The molecule has 0 atom stereocenters. The van der Waals surface area contributed by atoms with Gasteiger partial charge in [0.15, 0.2) is 0 Å². The van der Waals surface area contributed by atoms with Crippen molar-refractivity contribution < 1.29 is 9.63 Å². The van der Waals surface area contributed by atoms with Crippen molar-refractivity contribution in [1.82, 2.24) is 9.71 Å².